The van der Waals surface area contributed by atoms with Crippen molar-refractivity contribution in [2.24, 2.45) is 5.73 Å². The van der Waals surface area contributed by atoms with E-state index in [1.807, 2.05) is 6.92 Å². The lowest BCUT2D eigenvalue weighted by molar-refractivity contribution is -0.138. The first-order valence-corrected chi connectivity index (χ1v) is 5.38. The van der Waals surface area contributed by atoms with E-state index in [0.717, 1.165) is 18.9 Å². The van der Waals surface area contributed by atoms with Gasteiger partial charge in [0.15, 0.2) is 0 Å². The lowest BCUT2D eigenvalue weighted by atomic mass is 9.97. The fourth-order valence-electron chi connectivity index (χ4n) is 1.66. The van der Waals surface area contributed by atoms with Crippen molar-refractivity contribution in [1.29, 1.82) is 0 Å². The number of alkyl halides is 3. The van der Waals surface area contributed by atoms with Crippen molar-refractivity contribution in [3.8, 4) is 0 Å². The third-order valence-electron chi connectivity index (χ3n) is 2.53. The normalized spacial score (nSPS) is 13.0. The molecule has 1 aromatic carbocycles. The Bertz CT molecular complexity index is 339. The highest BCUT2D eigenvalue weighted by atomic mass is 35.5. The molecule has 0 unspecified atom stereocenters. The minimum atomic E-state index is -4.32. The molecule has 0 saturated carbocycles. The fraction of sp³-hybridized carbons (Fsp3) is 0.500. The van der Waals surface area contributed by atoms with Crippen LogP contribution in [0.2, 0.25) is 0 Å². The Kier molecular flexibility index (Phi) is 6.57. The predicted octanol–water partition coefficient (Wildman–Crippen LogP) is 4.32. The molecule has 0 fully saturated rings. The standard InChI is InChI=1S/C12H16F3N.ClH/c1-2-3-8-11(16)9-6-4-5-7-10(9)12(13,14)15;/h4-7,11H,2-3,8,16H2,1H3;1H/t11-;/m1./s1. The van der Waals surface area contributed by atoms with E-state index in [1.165, 1.54) is 12.1 Å². The van der Waals surface area contributed by atoms with E-state index in [-0.39, 0.29) is 18.0 Å². The first-order valence-electron chi connectivity index (χ1n) is 5.38. The van der Waals surface area contributed by atoms with Gasteiger partial charge in [-0.25, -0.2) is 0 Å². The second-order valence-electron chi connectivity index (χ2n) is 3.83. The van der Waals surface area contributed by atoms with E-state index in [4.69, 9.17) is 5.73 Å². The maximum Gasteiger partial charge on any atom is 0.416 e. The highest BCUT2D eigenvalue weighted by molar-refractivity contribution is 5.85. The average Bonchev–Trinajstić information content (AvgIpc) is 2.24. The van der Waals surface area contributed by atoms with E-state index < -0.39 is 17.8 Å². The van der Waals surface area contributed by atoms with Gasteiger partial charge in [0.2, 0.25) is 0 Å². The van der Waals surface area contributed by atoms with Gasteiger partial charge in [0, 0.05) is 6.04 Å². The van der Waals surface area contributed by atoms with Gasteiger partial charge in [-0.2, -0.15) is 13.2 Å². The second-order valence-corrected chi connectivity index (χ2v) is 3.83. The number of hydrogen-bond donors (Lipinski definition) is 1. The fourth-order valence-corrected chi connectivity index (χ4v) is 1.66. The number of unbranched alkanes of at least 4 members (excludes halogenated alkanes) is 1. The van der Waals surface area contributed by atoms with Crippen molar-refractivity contribution >= 4 is 12.4 Å². The van der Waals surface area contributed by atoms with Crippen LogP contribution < -0.4 is 5.73 Å². The third-order valence-corrected chi connectivity index (χ3v) is 2.53. The molecule has 98 valence electrons. The van der Waals surface area contributed by atoms with Gasteiger partial charge < -0.3 is 5.73 Å². The first kappa shape index (κ1) is 16.3. The van der Waals surface area contributed by atoms with E-state index >= 15 is 0 Å². The molecule has 0 amide bonds. The van der Waals surface area contributed by atoms with Crippen LogP contribution in [0.5, 0.6) is 0 Å². The van der Waals surface area contributed by atoms with Crippen LogP contribution in [0.4, 0.5) is 13.2 Å². The van der Waals surface area contributed by atoms with Crippen LogP contribution in [-0.4, -0.2) is 0 Å². The van der Waals surface area contributed by atoms with Gasteiger partial charge in [-0.05, 0) is 18.1 Å². The zero-order valence-corrected chi connectivity index (χ0v) is 10.4. The topological polar surface area (TPSA) is 26.0 Å². The number of nitrogens with two attached hydrogens (primary N) is 1. The lowest BCUT2D eigenvalue weighted by Gasteiger charge is -2.17. The second kappa shape index (κ2) is 6.87. The van der Waals surface area contributed by atoms with E-state index in [9.17, 15) is 13.2 Å². The molecule has 17 heavy (non-hydrogen) atoms. The van der Waals surface area contributed by atoms with Gasteiger partial charge in [0.1, 0.15) is 0 Å². The molecule has 0 radical (unpaired) electrons. The molecule has 0 aliphatic carbocycles. The summed E-state index contributed by atoms with van der Waals surface area (Å²) < 4.78 is 38.0. The molecule has 0 aliphatic rings. The van der Waals surface area contributed by atoms with Gasteiger partial charge in [0.05, 0.1) is 5.56 Å². The Labute approximate surface area is 106 Å². The maximum absolute atomic E-state index is 12.7. The largest absolute Gasteiger partial charge is 0.416 e. The van der Waals surface area contributed by atoms with Crippen LogP contribution in [0.25, 0.3) is 0 Å². The molecule has 1 atom stereocenters. The quantitative estimate of drug-likeness (QED) is 0.864. The molecule has 2 N–H and O–H groups in total. The van der Waals surface area contributed by atoms with Crippen molar-refractivity contribution < 1.29 is 13.2 Å². The summed E-state index contributed by atoms with van der Waals surface area (Å²) in [7, 11) is 0. The zero-order valence-electron chi connectivity index (χ0n) is 9.63. The van der Waals surface area contributed by atoms with Crippen molar-refractivity contribution in [3.05, 3.63) is 35.4 Å². The smallest absolute Gasteiger partial charge is 0.324 e. The highest BCUT2D eigenvalue weighted by Gasteiger charge is 2.33. The molecule has 0 bridgehead atoms. The Morgan fingerprint density at radius 2 is 1.82 bits per heavy atom. The number of hydrogen-bond acceptors (Lipinski definition) is 1. The first-order chi connectivity index (χ1) is 7.46. The zero-order chi connectivity index (χ0) is 12.2. The summed E-state index contributed by atoms with van der Waals surface area (Å²) in [5.74, 6) is 0. The minimum absolute atomic E-state index is 0. The summed E-state index contributed by atoms with van der Waals surface area (Å²) in [6, 6.07) is 5.00. The monoisotopic (exact) mass is 267 g/mol. The predicted molar refractivity (Wildman–Crippen MR) is 65.1 cm³/mol. The summed E-state index contributed by atoms with van der Waals surface area (Å²) in [6.07, 6.45) is -1.96. The van der Waals surface area contributed by atoms with Gasteiger partial charge in [-0.1, -0.05) is 38.0 Å². The highest BCUT2D eigenvalue weighted by Crippen LogP contribution is 2.34. The van der Waals surface area contributed by atoms with E-state index in [2.05, 4.69) is 0 Å². The molecule has 1 rings (SSSR count). The molecule has 1 aromatic rings. The molecule has 0 heterocycles. The Morgan fingerprint density at radius 1 is 1.24 bits per heavy atom. The van der Waals surface area contributed by atoms with Crippen molar-refractivity contribution in [1.82, 2.24) is 0 Å². The maximum atomic E-state index is 12.7. The Hall–Kier alpha value is -0.740. The molecule has 0 saturated heterocycles. The average molecular weight is 268 g/mol. The molecule has 0 aliphatic heterocycles. The summed E-state index contributed by atoms with van der Waals surface area (Å²) in [5, 5.41) is 0. The summed E-state index contributed by atoms with van der Waals surface area (Å²) >= 11 is 0. The van der Waals surface area contributed by atoms with Crippen LogP contribution in [0, 0.1) is 0 Å². The van der Waals surface area contributed by atoms with Gasteiger partial charge >= 0.3 is 6.18 Å². The number of benzene rings is 1. The lowest BCUT2D eigenvalue weighted by Crippen LogP contribution is -2.17. The molecule has 0 spiro atoms. The number of halogens is 4. The van der Waals surface area contributed by atoms with Crippen LogP contribution in [0.3, 0.4) is 0 Å². The van der Waals surface area contributed by atoms with Crippen LogP contribution >= 0.6 is 12.4 Å². The van der Waals surface area contributed by atoms with Gasteiger partial charge in [0.25, 0.3) is 0 Å². The van der Waals surface area contributed by atoms with E-state index in [1.54, 1.807) is 6.07 Å². The summed E-state index contributed by atoms with van der Waals surface area (Å²) in [5.41, 5.74) is 5.36. The molecule has 1 nitrogen and oxygen atoms in total. The van der Waals surface area contributed by atoms with Crippen LogP contribution in [0.15, 0.2) is 24.3 Å². The third kappa shape index (κ3) is 4.56. The van der Waals surface area contributed by atoms with Crippen molar-refractivity contribution in [2.75, 3.05) is 0 Å². The van der Waals surface area contributed by atoms with E-state index in [0.29, 0.717) is 6.42 Å². The van der Waals surface area contributed by atoms with Gasteiger partial charge in [-0.3, -0.25) is 0 Å². The molecular formula is C12H17ClF3N. The SMILES string of the molecule is CCCC[C@@H](N)c1ccccc1C(F)(F)F.Cl. The summed E-state index contributed by atoms with van der Waals surface area (Å²) in [6.45, 7) is 1.99. The molecule has 5 heteroatoms. The Balaban J connectivity index is 0.00000256. The molecule has 0 aromatic heterocycles. The van der Waals surface area contributed by atoms with Crippen molar-refractivity contribution in [3.63, 3.8) is 0 Å². The Morgan fingerprint density at radius 3 is 2.35 bits per heavy atom. The molecular weight excluding hydrogens is 251 g/mol. The van der Waals surface area contributed by atoms with Crippen molar-refractivity contribution in [2.45, 2.75) is 38.4 Å². The van der Waals surface area contributed by atoms with Crippen LogP contribution in [0.1, 0.15) is 43.4 Å². The van der Waals surface area contributed by atoms with Gasteiger partial charge in [-0.15, -0.1) is 12.4 Å². The van der Waals surface area contributed by atoms with Crippen LogP contribution in [-0.2, 0) is 6.18 Å². The minimum Gasteiger partial charge on any atom is -0.324 e. The number of rotatable bonds is 4. The summed E-state index contributed by atoms with van der Waals surface area (Å²) in [4.78, 5) is 0.